The number of hydrogen-bond donors (Lipinski definition) is 1. The second kappa shape index (κ2) is 7.85. The van der Waals surface area contributed by atoms with E-state index in [0.29, 0.717) is 32.7 Å². The summed E-state index contributed by atoms with van der Waals surface area (Å²) in [6.45, 7) is 0. The normalized spacial score (nSPS) is 10.6. The molecule has 0 saturated carbocycles. The maximum atomic E-state index is 11.9. The predicted octanol–water partition coefficient (Wildman–Crippen LogP) is 3.77. The second-order valence-electron chi connectivity index (χ2n) is 4.43. The second-order valence-corrected chi connectivity index (χ2v) is 5.28. The van der Waals surface area contributed by atoms with Crippen LogP contribution in [0.5, 0.6) is 11.5 Å². The Labute approximate surface area is 143 Å². The number of carbonyl (C=O) groups excluding carboxylic acids is 1. The molecule has 2 rings (SSSR count). The van der Waals surface area contributed by atoms with Crippen LogP contribution in [0.2, 0.25) is 10.0 Å². The fourth-order valence-electron chi connectivity index (χ4n) is 1.80. The van der Waals surface area contributed by atoms with E-state index < -0.39 is 0 Å². The standard InChI is InChI=1S/C16H14Cl2N2O3/c1-22-14-7-11(13(18)8-15(14)23-2)9-19-20-16(21)10-3-5-12(17)6-4-10/h3-9H,1-2H3,(H,20,21)/b19-9-. The van der Waals surface area contributed by atoms with Crippen LogP contribution in [0.4, 0.5) is 0 Å². The maximum Gasteiger partial charge on any atom is 0.271 e. The van der Waals surface area contributed by atoms with Crippen molar-refractivity contribution in [2.75, 3.05) is 14.2 Å². The van der Waals surface area contributed by atoms with E-state index >= 15 is 0 Å². The van der Waals surface area contributed by atoms with Crippen LogP contribution in [0.25, 0.3) is 0 Å². The van der Waals surface area contributed by atoms with Gasteiger partial charge in [0.1, 0.15) is 0 Å². The van der Waals surface area contributed by atoms with Crippen LogP contribution in [0.1, 0.15) is 15.9 Å². The molecule has 120 valence electrons. The topological polar surface area (TPSA) is 59.9 Å². The van der Waals surface area contributed by atoms with Crippen molar-refractivity contribution in [2.45, 2.75) is 0 Å². The highest BCUT2D eigenvalue weighted by Crippen LogP contribution is 2.32. The zero-order valence-electron chi connectivity index (χ0n) is 12.5. The summed E-state index contributed by atoms with van der Waals surface area (Å²) in [5.41, 5.74) is 3.45. The van der Waals surface area contributed by atoms with E-state index in [-0.39, 0.29) is 5.91 Å². The number of ether oxygens (including phenoxy) is 2. The lowest BCUT2D eigenvalue weighted by Gasteiger charge is -2.09. The summed E-state index contributed by atoms with van der Waals surface area (Å²) in [5, 5.41) is 4.87. The molecule has 0 aliphatic carbocycles. The van der Waals surface area contributed by atoms with Crippen molar-refractivity contribution in [2.24, 2.45) is 5.10 Å². The lowest BCUT2D eigenvalue weighted by Crippen LogP contribution is -2.17. The first-order chi connectivity index (χ1) is 11.0. The SMILES string of the molecule is COc1cc(Cl)c(/C=N\NC(=O)c2ccc(Cl)cc2)cc1OC. The molecule has 23 heavy (non-hydrogen) atoms. The van der Waals surface area contributed by atoms with Gasteiger partial charge in [-0.15, -0.1) is 0 Å². The van der Waals surface area contributed by atoms with E-state index in [2.05, 4.69) is 10.5 Å². The summed E-state index contributed by atoms with van der Waals surface area (Å²) < 4.78 is 10.3. The molecule has 0 aliphatic rings. The molecule has 0 unspecified atom stereocenters. The van der Waals surface area contributed by atoms with Gasteiger partial charge in [0, 0.05) is 22.2 Å². The van der Waals surface area contributed by atoms with E-state index in [4.69, 9.17) is 32.7 Å². The highest BCUT2D eigenvalue weighted by molar-refractivity contribution is 6.33. The minimum absolute atomic E-state index is 0.352. The van der Waals surface area contributed by atoms with E-state index in [9.17, 15) is 4.79 Å². The molecule has 7 heteroatoms. The van der Waals surface area contributed by atoms with Crippen LogP contribution in [0.15, 0.2) is 41.5 Å². The number of hydrogen-bond acceptors (Lipinski definition) is 4. The number of rotatable bonds is 5. The number of halogens is 2. The number of nitrogens with one attached hydrogen (secondary N) is 1. The Balaban J connectivity index is 2.11. The Kier molecular flexibility index (Phi) is 5.84. The van der Waals surface area contributed by atoms with Crippen molar-refractivity contribution in [1.29, 1.82) is 0 Å². The molecule has 5 nitrogen and oxygen atoms in total. The third-order valence-electron chi connectivity index (χ3n) is 2.98. The fourth-order valence-corrected chi connectivity index (χ4v) is 2.12. The van der Waals surface area contributed by atoms with Gasteiger partial charge in [-0.2, -0.15) is 5.10 Å². The molecule has 0 aliphatic heterocycles. The molecule has 1 N–H and O–H groups in total. The van der Waals surface area contributed by atoms with Gasteiger partial charge in [0.25, 0.3) is 5.91 Å². The van der Waals surface area contributed by atoms with Gasteiger partial charge in [0.05, 0.1) is 25.5 Å². The Morgan fingerprint density at radius 2 is 1.70 bits per heavy atom. The molecule has 0 atom stereocenters. The van der Waals surface area contributed by atoms with Crippen LogP contribution >= 0.6 is 23.2 Å². The monoisotopic (exact) mass is 352 g/mol. The number of amides is 1. The van der Waals surface area contributed by atoms with Crippen molar-refractivity contribution >= 4 is 35.3 Å². The minimum Gasteiger partial charge on any atom is -0.493 e. The minimum atomic E-state index is -0.352. The van der Waals surface area contributed by atoms with E-state index in [1.807, 2.05) is 0 Å². The lowest BCUT2D eigenvalue weighted by molar-refractivity contribution is 0.0955. The quantitative estimate of drug-likeness (QED) is 0.658. The smallest absolute Gasteiger partial charge is 0.271 e. The van der Waals surface area contributed by atoms with Gasteiger partial charge in [0.15, 0.2) is 11.5 Å². The summed E-state index contributed by atoms with van der Waals surface area (Å²) in [7, 11) is 3.04. The number of methoxy groups -OCH3 is 2. The summed E-state index contributed by atoms with van der Waals surface area (Å²) >= 11 is 11.9. The Hall–Kier alpha value is -2.24. The highest BCUT2D eigenvalue weighted by atomic mass is 35.5. The molecule has 0 saturated heterocycles. The largest absolute Gasteiger partial charge is 0.493 e. The molecular formula is C16H14Cl2N2O3. The fraction of sp³-hybridized carbons (Fsp3) is 0.125. The van der Waals surface area contributed by atoms with E-state index in [0.717, 1.165) is 0 Å². The lowest BCUT2D eigenvalue weighted by atomic mass is 10.2. The zero-order chi connectivity index (χ0) is 16.8. The Bertz CT molecular complexity index is 731. The van der Waals surface area contributed by atoms with Gasteiger partial charge in [0.2, 0.25) is 0 Å². The molecule has 0 radical (unpaired) electrons. The van der Waals surface area contributed by atoms with Crippen molar-refractivity contribution in [3.05, 3.63) is 57.6 Å². The summed E-state index contributed by atoms with van der Waals surface area (Å²) in [5.74, 6) is 0.678. The summed E-state index contributed by atoms with van der Waals surface area (Å²) in [6.07, 6.45) is 1.43. The van der Waals surface area contributed by atoms with Gasteiger partial charge in [-0.05, 0) is 30.3 Å². The Morgan fingerprint density at radius 3 is 2.30 bits per heavy atom. The Morgan fingerprint density at radius 1 is 1.09 bits per heavy atom. The molecular weight excluding hydrogens is 339 g/mol. The van der Waals surface area contributed by atoms with Gasteiger partial charge in [-0.25, -0.2) is 5.43 Å². The van der Waals surface area contributed by atoms with Crippen molar-refractivity contribution < 1.29 is 14.3 Å². The molecule has 0 spiro atoms. The first-order valence-electron chi connectivity index (χ1n) is 6.55. The third kappa shape index (κ3) is 4.37. The van der Waals surface area contributed by atoms with Gasteiger partial charge in [-0.1, -0.05) is 23.2 Å². The van der Waals surface area contributed by atoms with Crippen LogP contribution in [0, 0.1) is 0 Å². The van der Waals surface area contributed by atoms with E-state index in [1.165, 1.54) is 20.4 Å². The van der Waals surface area contributed by atoms with Crippen LogP contribution in [0.3, 0.4) is 0 Å². The van der Waals surface area contributed by atoms with Crippen LogP contribution in [-0.2, 0) is 0 Å². The predicted molar refractivity (Wildman–Crippen MR) is 91.1 cm³/mol. The average Bonchev–Trinajstić information content (AvgIpc) is 2.56. The van der Waals surface area contributed by atoms with Gasteiger partial charge >= 0.3 is 0 Å². The summed E-state index contributed by atoms with van der Waals surface area (Å²) in [4.78, 5) is 11.9. The molecule has 0 fully saturated rings. The average molecular weight is 353 g/mol. The molecule has 0 heterocycles. The molecule has 2 aromatic carbocycles. The first kappa shape index (κ1) is 17.1. The zero-order valence-corrected chi connectivity index (χ0v) is 14.0. The first-order valence-corrected chi connectivity index (χ1v) is 7.31. The highest BCUT2D eigenvalue weighted by Gasteiger charge is 2.09. The maximum absolute atomic E-state index is 11.9. The van der Waals surface area contributed by atoms with Crippen molar-refractivity contribution in [3.63, 3.8) is 0 Å². The van der Waals surface area contributed by atoms with Crippen LogP contribution in [-0.4, -0.2) is 26.3 Å². The molecule has 0 bridgehead atoms. The third-order valence-corrected chi connectivity index (χ3v) is 3.56. The number of carbonyl (C=O) groups is 1. The number of nitrogens with zero attached hydrogens (tertiary/aromatic N) is 1. The van der Waals surface area contributed by atoms with Crippen LogP contribution < -0.4 is 14.9 Å². The molecule has 2 aromatic rings. The number of hydrazone groups is 1. The molecule has 0 aromatic heterocycles. The van der Waals surface area contributed by atoms with Crippen molar-refractivity contribution in [3.8, 4) is 11.5 Å². The molecule has 1 amide bonds. The van der Waals surface area contributed by atoms with Gasteiger partial charge in [-0.3, -0.25) is 4.79 Å². The summed E-state index contributed by atoms with van der Waals surface area (Å²) in [6, 6.07) is 9.76. The van der Waals surface area contributed by atoms with Crippen molar-refractivity contribution in [1.82, 2.24) is 5.43 Å². The van der Waals surface area contributed by atoms with E-state index in [1.54, 1.807) is 36.4 Å². The number of benzene rings is 2. The van der Waals surface area contributed by atoms with Gasteiger partial charge < -0.3 is 9.47 Å².